The van der Waals surface area contributed by atoms with Gasteiger partial charge in [-0.2, -0.15) is 128 Å². The average molecular weight is 1260 g/mol. The molecule has 0 spiro atoms. The molecule has 0 saturated heterocycles. The fourth-order valence-corrected chi connectivity index (χ4v) is 1.10. The van der Waals surface area contributed by atoms with Gasteiger partial charge in [0.05, 0.1) is 13.7 Å². The van der Waals surface area contributed by atoms with E-state index in [9.17, 15) is 132 Å². The minimum absolute atomic E-state index is 0. The van der Waals surface area contributed by atoms with E-state index in [0.717, 1.165) is 35.4 Å². The molecule has 0 aromatic carbocycles. The van der Waals surface area contributed by atoms with Crippen molar-refractivity contribution in [1.29, 1.82) is 0 Å². The molecular formula is C43H110F30O4. The van der Waals surface area contributed by atoms with Crippen LogP contribution in [-0.4, -0.2) is 122 Å². The highest BCUT2D eigenvalue weighted by Crippen LogP contribution is 2.39. The maximum Gasteiger partial charge on any atom is 0.455 e. The van der Waals surface area contributed by atoms with Crippen LogP contribution in [0.2, 0.25) is 0 Å². The zero-order chi connectivity index (χ0) is 48.6. The van der Waals surface area contributed by atoms with Gasteiger partial charge in [0, 0.05) is 41.1 Å². The summed E-state index contributed by atoms with van der Waals surface area (Å²) in [6.45, 7) is -5.49. The number of hydrogen-bond donors (Lipinski definition) is 0. The van der Waals surface area contributed by atoms with Gasteiger partial charge in [-0.05, 0) is 4.53 Å². The van der Waals surface area contributed by atoms with E-state index in [4.69, 9.17) is 0 Å². The number of methoxy groups -OCH3 is 3. The Morgan fingerprint density at radius 2 is 0.455 bits per heavy atom. The monoisotopic (exact) mass is 1260 g/mol. The third kappa shape index (κ3) is 99.6. The lowest BCUT2D eigenvalue weighted by molar-refractivity contribution is -0.294. The molecule has 0 aliphatic heterocycles. The highest BCUT2D eigenvalue weighted by Gasteiger charge is 2.59. The van der Waals surface area contributed by atoms with Crippen molar-refractivity contribution in [3.63, 3.8) is 0 Å². The van der Waals surface area contributed by atoms with E-state index in [1.165, 1.54) is 0 Å². The molecule has 4 nitrogen and oxygen atoms in total. The van der Waals surface area contributed by atoms with Crippen molar-refractivity contribution in [2.75, 3.05) is 54.9 Å². The molecule has 0 atom stereocenters. The highest BCUT2D eigenvalue weighted by molar-refractivity contribution is 4.76. The van der Waals surface area contributed by atoms with Crippen LogP contribution in [0.25, 0.3) is 0 Å². The van der Waals surface area contributed by atoms with Gasteiger partial charge < -0.3 is 14.2 Å². The lowest BCUT2D eigenvalue weighted by Gasteiger charge is -2.18. The smallest absolute Gasteiger partial charge is 0.384 e. The van der Waals surface area contributed by atoms with Crippen LogP contribution in [0.3, 0.4) is 0 Å². The molecule has 77 heavy (non-hydrogen) atoms. The summed E-state index contributed by atoms with van der Waals surface area (Å²) in [6.07, 6.45) is -34.4. The summed E-state index contributed by atoms with van der Waals surface area (Å²) in [5, 5.41) is 0. The first-order valence-electron chi connectivity index (χ1n) is 12.9. The van der Waals surface area contributed by atoms with E-state index in [1.54, 1.807) is 0 Å². The summed E-state index contributed by atoms with van der Waals surface area (Å²) < 4.78 is 346. The summed E-state index contributed by atoms with van der Waals surface area (Å²) in [5.74, 6) is -23.2. The second-order valence-electron chi connectivity index (χ2n) is 9.06. The van der Waals surface area contributed by atoms with Crippen molar-refractivity contribution in [2.24, 2.45) is 0 Å². The van der Waals surface area contributed by atoms with Crippen molar-refractivity contribution in [3.05, 3.63) is 0 Å². The summed E-state index contributed by atoms with van der Waals surface area (Å²) >= 11 is 0. The van der Waals surface area contributed by atoms with Crippen molar-refractivity contribution < 1.29 is 151 Å². The summed E-state index contributed by atoms with van der Waals surface area (Å²) in [7, 11) is 3.58. The first kappa shape index (κ1) is 178. The van der Waals surface area contributed by atoms with Crippen LogP contribution in [-0.2, 0) is 19.2 Å². The van der Waals surface area contributed by atoms with Gasteiger partial charge in [0.1, 0.15) is 13.2 Å². The average Bonchev–Trinajstić information content (AvgIpc) is 2.94. The Morgan fingerprint density at radius 1 is 0.299 bits per heavy atom. The molecule has 516 valence electrons. The van der Waals surface area contributed by atoms with Crippen LogP contribution in [0.15, 0.2) is 0 Å². The van der Waals surface area contributed by atoms with E-state index in [-0.39, 0.29) is 155 Å². The Bertz CT molecular complexity index is 921. The number of hydrogen-bond acceptors (Lipinski definition) is 4. The third-order valence-electron chi connectivity index (χ3n) is 4.02. The van der Waals surface area contributed by atoms with Crippen LogP contribution in [0, 0.1) is 0 Å². The molecule has 0 fully saturated rings. The van der Waals surface area contributed by atoms with Crippen LogP contribution in [0.4, 0.5) is 132 Å². The SMILES string of the molecule is C.C.C.C.C.C.C.C.C.C.C.C.C.C.C.C.C.C.C.C.CC(F)(F)C(F)(F)F.CCC(F)(F)C(F)(F)F.COCC(F)(F)C(F)(F)F.COCC(F)(F)C(F)(F)F.COCCC(F)(F)C(F)(F)F.COF.FCC(F)(F)F. The van der Waals surface area contributed by atoms with Crippen molar-refractivity contribution in [1.82, 2.24) is 0 Å². The summed E-state index contributed by atoms with van der Waals surface area (Å²) in [5.41, 5.74) is 0. The molecule has 0 rings (SSSR count). The van der Waals surface area contributed by atoms with Gasteiger partial charge >= 0.3 is 66.7 Å². The molecule has 0 aromatic heterocycles. The molecule has 34 heteroatoms. The zero-order valence-corrected chi connectivity index (χ0v) is 28.7. The highest BCUT2D eigenvalue weighted by atomic mass is 19.5. The Morgan fingerprint density at radius 3 is 0.506 bits per heavy atom. The van der Waals surface area contributed by atoms with Crippen molar-refractivity contribution in [3.8, 4) is 0 Å². The zero-order valence-electron chi connectivity index (χ0n) is 28.7. The van der Waals surface area contributed by atoms with Gasteiger partial charge in [-0.15, -0.1) is 0 Å². The largest absolute Gasteiger partial charge is 0.455 e. The maximum absolute atomic E-state index is 11.9. The maximum atomic E-state index is 11.9. The second-order valence-corrected chi connectivity index (χ2v) is 9.06. The standard InChI is InChI=1S/C5H7F5O.2C4H5F5O.C4H5F5.C3H3F5.C2H2F4.CH3FO.20CH4/c1-11-3-2-4(6,7)5(8,9)10;2*1-10-2-3(5,6)4(7,8)9;1-2-3(5,6)4(7,8)9;1-2(4,5)3(6,7)8;3-1-2(4,5)6;1-3-2;;;;;;;;;;;;;;;;;;;;/h2-3H2,1H3;2*2H2,1H3;2H2,1H3;1H3;1H2;1H3;20*1H4. The topological polar surface area (TPSA) is 36.9 Å². The number of alkyl halides is 29. The Balaban J connectivity index is -0.0000000147. The second kappa shape index (κ2) is 71.8. The van der Waals surface area contributed by atoms with E-state index in [1.807, 2.05) is 0 Å². The van der Waals surface area contributed by atoms with Crippen molar-refractivity contribution in [2.45, 2.75) is 242 Å². The normalized spacial score (nSPS) is 9.82. The van der Waals surface area contributed by atoms with Gasteiger partial charge in [-0.25, -0.2) is 4.39 Å². The van der Waals surface area contributed by atoms with E-state index >= 15 is 0 Å². The predicted molar refractivity (Wildman–Crippen MR) is 266 cm³/mol. The van der Waals surface area contributed by atoms with Crippen LogP contribution < -0.4 is 0 Å². The molecule has 0 unspecified atom stereocenters. The lowest BCUT2D eigenvalue weighted by atomic mass is 10.2. The Kier molecular flexibility index (Phi) is 166. The molecule has 0 saturated carbocycles. The molecule has 0 N–H and O–H groups in total. The first-order chi connectivity index (χ1) is 24.5. The first-order valence-corrected chi connectivity index (χ1v) is 12.9. The van der Waals surface area contributed by atoms with Gasteiger partial charge in [-0.1, -0.05) is 155 Å². The molecule has 0 heterocycles. The van der Waals surface area contributed by atoms with Gasteiger partial charge in [0.15, 0.2) is 6.67 Å². The molecule has 0 amide bonds. The van der Waals surface area contributed by atoms with Crippen LogP contribution in [0.5, 0.6) is 0 Å². The van der Waals surface area contributed by atoms with Crippen LogP contribution in [0.1, 0.15) is 175 Å². The minimum atomic E-state index is -5.51. The quantitative estimate of drug-likeness (QED) is 0.227. The number of ether oxygens (including phenoxy) is 3. The predicted octanol–water partition coefficient (Wildman–Crippen LogP) is 25.4. The van der Waals surface area contributed by atoms with Gasteiger partial charge in [0.25, 0.3) is 0 Å². The molecule has 0 aliphatic carbocycles. The number of rotatable bonds is 8. The molecular weight excluding hydrogens is 1150 g/mol. The van der Waals surface area contributed by atoms with Crippen molar-refractivity contribution >= 4 is 0 Å². The Hall–Kier alpha value is -2.26. The fourth-order valence-electron chi connectivity index (χ4n) is 1.10. The molecule has 0 bridgehead atoms. The number of halogens is 30. The molecule has 0 aliphatic rings. The van der Waals surface area contributed by atoms with E-state index < -0.39 is 106 Å². The van der Waals surface area contributed by atoms with Gasteiger partial charge in [-0.3, -0.25) is 0 Å². The minimum Gasteiger partial charge on any atom is -0.384 e. The van der Waals surface area contributed by atoms with E-state index in [2.05, 4.69) is 19.2 Å². The fraction of sp³-hybridized carbons (Fsp3) is 1.00. The summed E-state index contributed by atoms with van der Waals surface area (Å²) in [6, 6.07) is 0. The third-order valence-corrected chi connectivity index (χ3v) is 4.02. The van der Waals surface area contributed by atoms with Crippen LogP contribution >= 0.6 is 0 Å². The Labute approximate surface area is 448 Å². The summed E-state index contributed by atoms with van der Waals surface area (Å²) in [4.78, 5) is 2.75. The van der Waals surface area contributed by atoms with E-state index in [0.29, 0.717) is 0 Å². The molecule has 0 aromatic rings. The molecule has 0 radical (unpaired) electrons. The van der Waals surface area contributed by atoms with Gasteiger partial charge in [0.2, 0.25) is 0 Å². The lowest BCUT2D eigenvalue weighted by Crippen LogP contribution is -2.40.